The lowest BCUT2D eigenvalue weighted by Gasteiger charge is -2.18. The van der Waals surface area contributed by atoms with E-state index in [0.717, 1.165) is 63.7 Å². The average Bonchev–Trinajstić information content (AvgIpc) is 2.94. The summed E-state index contributed by atoms with van der Waals surface area (Å²) in [7, 11) is 0. The summed E-state index contributed by atoms with van der Waals surface area (Å²) >= 11 is 0. The van der Waals surface area contributed by atoms with E-state index in [0.29, 0.717) is 19.3 Å². The molecule has 0 amide bonds. The second kappa shape index (κ2) is 29.9. The van der Waals surface area contributed by atoms with Gasteiger partial charge in [0.15, 0.2) is 6.10 Å². The highest BCUT2D eigenvalue weighted by Crippen LogP contribution is 2.14. The molecule has 0 aromatic carbocycles. The highest BCUT2D eigenvalue weighted by atomic mass is 16.6. The topological polar surface area (TPSA) is 78.9 Å². The lowest BCUT2D eigenvalue weighted by Crippen LogP contribution is -2.30. The van der Waals surface area contributed by atoms with Crippen LogP contribution in [0, 0.1) is 5.92 Å². The van der Waals surface area contributed by atoms with Gasteiger partial charge in [0.2, 0.25) is 0 Å². The third-order valence-corrected chi connectivity index (χ3v) is 7.54. The molecule has 6 nitrogen and oxygen atoms in total. The molecule has 0 unspecified atom stereocenters. The number of rotatable bonds is 30. The van der Waals surface area contributed by atoms with Gasteiger partial charge in [-0.05, 0) is 25.2 Å². The maximum absolute atomic E-state index is 12.4. The van der Waals surface area contributed by atoms with E-state index in [4.69, 9.17) is 14.2 Å². The number of esters is 3. The van der Waals surface area contributed by atoms with Crippen LogP contribution < -0.4 is 0 Å². The molecule has 0 aromatic rings. The van der Waals surface area contributed by atoms with Crippen LogP contribution in [-0.2, 0) is 28.6 Å². The van der Waals surface area contributed by atoms with Crippen LogP contribution in [0.15, 0.2) is 0 Å². The minimum atomic E-state index is -0.755. The molecule has 0 fully saturated rings. The van der Waals surface area contributed by atoms with E-state index in [1.807, 2.05) is 0 Å². The maximum Gasteiger partial charge on any atom is 0.306 e. The smallest absolute Gasteiger partial charge is 0.306 e. The first kappa shape index (κ1) is 39.4. The summed E-state index contributed by atoms with van der Waals surface area (Å²) in [6.07, 6.45) is 24.1. The highest BCUT2D eigenvalue weighted by Gasteiger charge is 2.19. The number of carbonyl (C=O) groups is 3. The molecular weight excluding hydrogens is 516 g/mol. The molecule has 0 spiro atoms. The second-order valence-electron chi connectivity index (χ2n) is 12.3. The van der Waals surface area contributed by atoms with Gasteiger partial charge >= 0.3 is 17.9 Å². The predicted molar refractivity (Wildman–Crippen MR) is 169 cm³/mol. The fourth-order valence-electron chi connectivity index (χ4n) is 4.86. The van der Waals surface area contributed by atoms with Crippen molar-refractivity contribution >= 4 is 17.9 Å². The van der Waals surface area contributed by atoms with Crippen molar-refractivity contribution in [3.63, 3.8) is 0 Å². The molecule has 6 heteroatoms. The van der Waals surface area contributed by atoms with Crippen LogP contribution in [0.1, 0.15) is 182 Å². The highest BCUT2D eigenvalue weighted by molar-refractivity contribution is 5.71. The standard InChI is InChI=1S/C35H66O6/c1-5-7-9-11-13-18-22-26-33(36)39-29-32(41-35(38)28-24-20-14-12-10-8-6-2)30-40-34(37)27-23-19-16-15-17-21-25-31(3)4/h31-32H,5-30H2,1-4H3/t32-/m0/s1. The Hall–Kier alpha value is -1.59. The molecule has 0 radical (unpaired) electrons. The van der Waals surface area contributed by atoms with Crippen LogP contribution in [0.4, 0.5) is 0 Å². The number of unbranched alkanes of at least 4 members (excludes halogenated alkanes) is 17. The Morgan fingerprint density at radius 2 is 0.805 bits per heavy atom. The van der Waals surface area contributed by atoms with Gasteiger partial charge in [0.25, 0.3) is 0 Å². The summed E-state index contributed by atoms with van der Waals surface area (Å²) in [6.45, 7) is 8.79. The molecule has 41 heavy (non-hydrogen) atoms. The predicted octanol–water partition coefficient (Wildman–Crippen LogP) is 10.0. The van der Waals surface area contributed by atoms with Crippen LogP contribution in [0.5, 0.6) is 0 Å². The maximum atomic E-state index is 12.4. The van der Waals surface area contributed by atoms with Crippen LogP contribution >= 0.6 is 0 Å². The second-order valence-corrected chi connectivity index (χ2v) is 12.3. The van der Waals surface area contributed by atoms with Crippen molar-refractivity contribution in [3.05, 3.63) is 0 Å². The summed E-state index contributed by atoms with van der Waals surface area (Å²) in [5.74, 6) is -0.124. The third-order valence-electron chi connectivity index (χ3n) is 7.54. The number of hydrogen-bond acceptors (Lipinski definition) is 6. The van der Waals surface area contributed by atoms with Crippen molar-refractivity contribution < 1.29 is 28.6 Å². The van der Waals surface area contributed by atoms with Gasteiger partial charge in [-0.1, -0.05) is 143 Å². The van der Waals surface area contributed by atoms with Gasteiger partial charge in [0, 0.05) is 19.3 Å². The SMILES string of the molecule is CCCCCCCCCC(=O)OC[C@@H](COC(=O)CCCCCCCCC(C)C)OC(=O)CCCCCCCCC. The molecule has 0 heterocycles. The molecule has 0 saturated carbocycles. The van der Waals surface area contributed by atoms with Crippen LogP contribution in [0.2, 0.25) is 0 Å². The molecule has 0 rings (SSSR count). The zero-order chi connectivity index (χ0) is 30.4. The summed E-state index contributed by atoms with van der Waals surface area (Å²) in [4.78, 5) is 37.0. The summed E-state index contributed by atoms with van der Waals surface area (Å²) in [5, 5.41) is 0. The van der Waals surface area contributed by atoms with E-state index >= 15 is 0 Å². The Morgan fingerprint density at radius 3 is 1.20 bits per heavy atom. The van der Waals surface area contributed by atoms with Gasteiger partial charge in [-0.2, -0.15) is 0 Å². The first-order valence-corrected chi connectivity index (χ1v) is 17.4. The summed E-state index contributed by atoms with van der Waals surface area (Å²) in [6, 6.07) is 0. The van der Waals surface area contributed by atoms with Crippen molar-refractivity contribution in [1.29, 1.82) is 0 Å². The Kier molecular flexibility index (Phi) is 28.7. The Bertz CT molecular complexity index is 618. The van der Waals surface area contributed by atoms with Gasteiger partial charge in [-0.3, -0.25) is 14.4 Å². The lowest BCUT2D eigenvalue weighted by molar-refractivity contribution is -0.167. The number of carbonyl (C=O) groups excluding carboxylic acids is 3. The molecule has 0 aliphatic carbocycles. The monoisotopic (exact) mass is 582 g/mol. The molecule has 0 bridgehead atoms. The molecule has 1 atom stereocenters. The van der Waals surface area contributed by atoms with Crippen molar-refractivity contribution in [2.45, 2.75) is 188 Å². The van der Waals surface area contributed by atoms with Gasteiger partial charge in [-0.15, -0.1) is 0 Å². The van der Waals surface area contributed by atoms with E-state index in [9.17, 15) is 14.4 Å². The van der Waals surface area contributed by atoms with E-state index in [1.165, 1.54) is 77.0 Å². The third kappa shape index (κ3) is 29.7. The Labute approximate surface area is 253 Å². The fraction of sp³-hybridized carbons (Fsp3) is 0.914. The van der Waals surface area contributed by atoms with Crippen molar-refractivity contribution in [1.82, 2.24) is 0 Å². The van der Waals surface area contributed by atoms with E-state index in [2.05, 4.69) is 27.7 Å². The van der Waals surface area contributed by atoms with Crippen LogP contribution in [0.3, 0.4) is 0 Å². The largest absolute Gasteiger partial charge is 0.462 e. The van der Waals surface area contributed by atoms with E-state index in [1.54, 1.807) is 0 Å². The van der Waals surface area contributed by atoms with Gasteiger partial charge < -0.3 is 14.2 Å². The molecule has 0 aliphatic rings. The van der Waals surface area contributed by atoms with Gasteiger partial charge in [-0.25, -0.2) is 0 Å². The molecule has 0 aliphatic heterocycles. The lowest BCUT2D eigenvalue weighted by atomic mass is 10.0. The molecule has 0 saturated heterocycles. The molecule has 242 valence electrons. The van der Waals surface area contributed by atoms with E-state index < -0.39 is 6.10 Å². The van der Waals surface area contributed by atoms with Crippen molar-refractivity contribution in [2.24, 2.45) is 5.92 Å². The molecular formula is C35H66O6. The van der Waals surface area contributed by atoms with Gasteiger partial charge in [0.1, 0.15) is 13.2 Å². The van der Waals surface area contributed by atoms with Crippen molar-refractivity contribution in [2.75, 3.05) is 13.2 Å². The average molecular weight is 583 g/mol. The Balaban J connectivity index is 4.35. The fourth-order valence-corrected chi connectivity index (χ4v) is 4.86. The summed E-state index contributed by atoms with van der Waals surface area (Å²) < 4.78 is 16.4. The minimum Gasteiger partial charge on any atom is -0.462 e. The quantitative estimate of drug-likeness (QED) is 0.0476. The normalized spacial score (nSPS) is 11.9. The zero-order valence-corrected chi connectivity index (χ0v) is 27.5. The van der Waals surface area contributed by atoms with Crippen LogP contribution in [-0.4, -0.2) is 37.2 Å². The molecule has 0 N–H and O–H groups in total. The zero-order valence-electron chi connectivity index (χ0n) is 27.5. The minimum absolute atomic E-state index is 0.0677. The van der Waals surface area contributed by atoms with Crippen LogP contribution in [0.25, 0.3) is 0 Å². The number of ether oxygens (including phenoxy) is 3. The van der Waals surface area contributed by atoms with Crippen molar-refractivity contribution in [3.8, 4) is 0 Å². The first-order chi connectivity index (χ1) is 19.9. The Morgan fingerprint density at radius 1 is 0.463 bits per heavy atom. The molecule has 0 aromatic heterocycles. The van der Waals surface area contributed by atoms with E-state index in [-0.39, 0.29) is 31.1 Å². The summed E-state index contributed by atoms with van der Waals surface area (Å²) in [5.41, 5.74) is 0. The first-order valence-electron chi connectivity index (χ1n) is 17.4. The number of hydrogen-bond donors (Lipinski definition) is 0. The van der Waals surface area contributed by atoms with Gasteiger partial charge in [0.05, 0.1) is 0 Å².